The van der Waals surface area contributed by atoms with Crippen molar-refractivity contribution in [2.24, 2.45) is 11.3 Å². The quantitative estimate of drug-likeness (QED) is 0.595. The van der Waals surface area contributed by atoms with Gasteiger partial charge in [0.2, 0.25) is 5.91 Å². The van der Waals surface area contributed by atoms with Crippen LogP contribution in [0.1, 0.15) is 27.7 Å². The van der Waals surface area contributed by atoms with Gasteiger partial charge in [0.05, 0.1) is 6.61 Å². The molecule has 4 nitrogen and oxygen atoms in total. The van der Waals surface area contributed by atoms with Gasteiger partial charge in [-0.3, -0.25) is 0 Å². The number of hydrogen-bond donors (Lipinski definition) is 3. The number of ether oxygens (including phenoxy) is 1. The Balaban J connectivity index is 2.50. The van der Waals surface area contributed by atoms with Crippen LogP contribution in [0, 0.1) is 11.3 Å². The molecule has 0 amide bonds. The predicted octanol–water partition coefficient (Wildman–Crippen LogP) is 0.253. The Hall–Kier alpha value is -0.160. The maximum Gasteiger partial charge on any atom is 0.230 e. The van der Waals surface area contributed by atoms with E-state index < -0.39 is 5.91 Å². The van der Waals surface area contributed by atoms with Crippen molar-refractivity contribution in [2.45, 2.75) is 39.8 Å². The van der Waals surface area contributed by atoms with E-state index in [2.05, 4.69) is 5.32 Å². The van der Waals surface area contributed by atoms with Crippen LogP contribution in [0.4, 0.5) is 0 Å². The lowest BCUT2D eigenvalue weighted by molar-refractivity contribution is -0.393. The first-order valence-corrected chi connectivity index (χ1v) is 4.60. The minimum Gasteiger partial charge on any atom is -0.396 e. The second-order valence-electron chi connectivity index (χ2n) is 4.64. The maximum absolute atomic E-state index is 9.70. The molecule has 3 N–H and O–H groups in total. The molecule has 0 aromatic rings. The molecule has 1 unspecified atom stereocenters. The fraction of sp³-hybridized carbons (Fsp3) is 1.00. The summed E-state index contributed by atoms with van der Waals surface area (Å²) in [6.45, 7) is 7.53. The van der Waals surface area contributed by atoms with Crippen LogP contribution < -0.4 is 5.32 Å². The Bertz CT molecular complexity index is 185. The number of aliphatic hydroxyl groups excluding tert-OH is 1. The zero-order valence-corrected chi connectivity index (χ0v) is 8.66. The minimum atomic E-state index is -1.21. The van der Waals surface area contributed by atoms with Crippen molar-refractivity contribution in [3.8, 4) is 0 Å². The van der Waals surface area contributed by atoms with Gasteiger partial charge in [0, 0.05) is 11.3 Å². The third-order valence-corrected chi connectivity index (χ3v) is 2.54. The molecule has 0 aliphatic carbocycles. The zero-order chi connectivity index (χ0) is 10.3. The largest absolute Gasteiger partial charge is 0.396 e. The van der Waals surface area contributed by atoms with Gasteiger partial charge in [-0.15, -0.1) is 0 Å². The number of hydrogen-bond acceptors (Lipinski definition) is 4. The van der Waals surface area contributed by atoms with E-state index in [-0.39, 0.29) is 24.2 Å². The summed E-state index contributed by atoms with van der Waals surface area (Å²) in [5.74, 6) is -1.21. The van der Waals surface area contributed by atoms with E-state index in [1.54, 1.807) is 0 Å². The van der Waals surface area contributed by atoms with Gasteiger partial charge in [0.15, 0.2) is 0 Å². The Labute approximate surface area is 78.9 Å². The van der Waals surface area contributed by atoms with Crippen molar-refractivity contribution in [3.05, 3.63) is 0 Å². The molecular weight excluding hydrogens is 170 g/mol. The van der Waals surface area contributed by atoms with Crippen LogP contribution in [0.25, 0.3) is 0 Å². The summed E-state index contributed by atoms with van der Waals surface area (Å²) in [5.41, 5.74) is -0.360. The van der Waals surface area contributed by atoms with Crippen LogP contribution in [-0.2, 0) is 4.74 Å². The molecule has 1 saturated heterocycles. The highest BCUT2D eigenvalue weighted by atomic mass is 16.7. The zero-order valence-electron chi connectivity index (χ0n) is 8.66. The third kappa shape index (κ3) is 1.86. The normalized spacial score (nSPS) is 34.8. The lowest BCUT2D eigenvalue weighted by Crippen LogP contribution is -2.73. The molecule has 1 heterocycles. The minimum absolute atomic E-state index is 0.00163. The van der Waals surface area contributed by atoms with Crippen LogP contribution in [0.3, 0.4) is 0 Å². The van der Waals surface area contributed by atoms with Crippen molar-refractivity contribution >= 4 is 0 Å². The molecule has 4 heteroatoms. The molecule has 78 valence electrons. The summed E-state index contributed by atoms with van der Waals surface area (Å²) in [4.78, 5) is 0. The molecule has 2 atom stereocenters. The van der Waals surface area contributed by atoms with Gasteiger partial charge in [-0.25, -0.2) is 5.32 Å². The number of nitrogens with one attached hydrogen (secondary N) is 1. The smallest absolute Gasteiger partial charge is 0.230 e. The molecule has 1 rings (SSSR count). The summed E-state index contributed by atoms with van der Waals surface area (Å²) in [6.07, 6.45) is -0.273. The molecule has 0 aromatic heterocycles. The van der Waals surface area contributed by atoms with E-state index in [1.807, 2.05) is 27.7 Å². The van der Waals surface area contributed by atoms with E-state index in [4.69, 9.17) is 9.84 Å². The molecule has 0 radical (unpaired) electrons. The van der Waals surface area contributed by atoms with Crippen LogP contribution in [0.5, 0.6) is 0 Å². The third-order valence-electron chi connectivity index (χ3n) is 2.54. The molecule has 0 aromatic carbocycles. The predicted molar refractivity (Wildman–Crippen MR) is 48.7 cm³/mol. The van der Waals surface area contributed by atoms with E-state index in [0.717, 1.165) is 0 Å². The van der Waals surface area contributed by atoms with Crippen molar-refractivity contribution in [2.75, 3.05) is 6.61 Å². The van der Waals surface area contributed by atoms with Crippen LogP contribution in [0.15, 0.2) is 0 Å². The van der Waals surface area contributed by atoms with E-state index >= 15 is 0 Å². The average Bonchev–Trinajstić information content (AvgIpc) is 1.98. The molecule has 1 aliphatic heterocycles. The van der Waals surface area contributed by atoms with Gasteiger partial charge in [-0.2, -0.15) is 0 Å². The summed E-state index contributed by atoms with van der Waals surface area (Å²) >= 11 is 0. The van der Waals surface area contributed by atoms with Gasteiger partial charge >= 0.3 is 0 Å². The van der Waals surface area contributed by atoms with Crippen molar-refractivity contribution in [1.29, 1.82) is 0 Å². The Morgan fingerprint density at radius 2 is 2.00 bits per heavy atom. The fourth-order valence-corrected chi connectivity index (χ4v) is 1.11. The molecule has 0 spiro atoms. The van der Waals surface area contributed by atoms with Gasteiger partial charge in [0.1, 0.15) is 6.23 Å². The van der Waals surface area contributed by atoms with Crippen molar-refractivity contribution in [3.63, 3.8) is 0 Å². The SMILES string of the molecule is CC(C)C1(O)N[C@H](C(C)(C)CO)O1. The van der Waals surface area contributed by atoms with Gasteiger partial charge in [-0.05, 0) is 0 Å². The maximum atomic E-state index is 9.70. The van der Waals surface area contributed by atoms with Gasteiger partial charge < -0.3 is 14.9 Å². The van der Waals surface area contributed by atoms with E-state index in [1.165, 1.54) is 0 Å². The van der Waals surface area contributed by atoms with Crippen molar-refractivity contribution in [1.82, 2.24) is 5.32 Å². The first-order valence-electron chi connectivity index (χ1n) is 4.60. The van der Waals surface area contributed by atoms with Gasteiger partial charge in [-0.1, -0.05) is 27.7 Å². The highest BCUT2D eigenvalue weighted by molar-refractivity contribution is 4.89. The molecule has 13 heavy (non-hydrogen) atoms. The second-order valence-corrected chi connectivity index (χ2v) is 4.64. The Kier molecular flexibility index (Phi) is 2.69. The molecular formula is C9H19NO3. The van der Waals surface area contributed by atoms with E-state index in [9.17, 15) is 5.11 Å². The highest BCUT2D eigenvalue weighted by Crippen LogP contribution is 2.35. The Morgan fingerprint density at radius 1 is 1.54 bits per heavy atom. The van der Waals surface area contributed by atoms with Gasteiger partial charge in [0.25, 0.3) is 0 Å². The van der Waals surface area contributed by atoms with Crippen molar-refractivity contribution < 1.29 is 14.9 Å². The molecule has 0 bridgehead atoms. The van der Waals surface area contributed by atoms with Crippen LogP contribution in [0.2, 0.25) is 0 Å². The average molecular weight is 189 g/mol. The molecule has 1 aliphatic rings. The topological polar surface area (TPSA) is 61.7 Å². The first-order chi connectivity index (χ1) is 5.82. The van der Waals surface area contributed by atoms with Crippen LogP contribution in [-0.4, -0.2) is 29.0 Å². The molecule has 0 saturated carbocycles. The standard InChI is InChI=1S/C9H19NO3/c1-6(2)9(12)10-7(13-9)8(3,4)5-11/h6-7,10-12H,5H2,1-4H3/t7-,9?/m0/s1. The van der Waals surface area contributed by atoms with E-state index in [0.29, 0.717) is 0 Å². The molecule has 1 fully saturated rings. The summed E-state index contributed by atoms with van der Waals surface area (Å²) in [5, 5.41) is 21.7. The van der Waals surface area contributed by atoms with Crippen LogP contribution >= 0.6 is 0 Å². The summed E-state index contributed by atoms with van der Waals surface area (Å²) in [6, 6.07) is 0. The monoisotopic (exact) mass is 189 g/mol. The number of rotatable bonds is 3. The Morgan fingerprint density at radius 3 is 2.31 bits per heavy atom. The summed E-state index contributed by atoms with van der Waals surface area (Å²) in [7, 11) is 0. The lowest BCUT2D eigenvalue weighted by Gasteiger charge is -2.52. The number of aliphatic hydroxyl groups is 2. The lowest BCUT2D eigenvalue weighted by atomic mass is 9.89. The fourth-order valence-electron chi connectivity index (χ4n) is 1.11. The first kappa shape index (κ1) is 10.9. The second kappa shape index (κ2) is 3.20. The highest BCUT2D eigenvalue weighted by Gasteiger charge is 2.51. The summed E-state index contributed by atoms with van der Waals surface area (Å²) < 4.78 is 5.33.